The summed E-state index contributed by atoms with van der Waals surface area (Å²) < 4.78 is 23.8. The summed E-state index contributed by atoms with van der Waals surface area (Å²) in [7, 11) is 1.62. The van der Waals surface area contributed by atoms with Crippen molar-refractivity contribution in [3.05, 3.63) is 59.4 Å². The zero-order chi connectivity index (χ0) is 16.7. The standard InChI is InChI=1S/C18H20FNO3/c1-13-7-8-16(22-2)14(11-13)9-10-20-18(21)12-23-17-6-4-3-5-15(17)19/h3-8,11H,9-10,12H2,1-2H3,(H,20,21). The molecule has 0 spiro atoms. The van der Waals surface area contributed by atoms with Crippen molar-refractivity contribution in [2.24, 2.45) is 0 Å². The predicted molar refractivity (Wildman–Crippen MR) is 86.3 cm³/mol. The second-order valence-corrected chi connectivity index (χ2v) is 5.13. The molecule has 0 fully saturated rings. The van der Waals surface area contributed by atoms with Crippen molar-refractivity contribution in [2.45, 2.75) is 13.3 Å². The van der Waals surface area contributed by atoms with Crippen LogP contribution in [-0.2, 0) is 11.2 Å². The molecule has 0 bridgehead atoms. The summed E-state index contributed by atoms with van der Waals surface area (Å²) in [6.45, 7) is 2.24. The molecule has 1 N–H and O–H groups in total. The molecule has 1 amide bonds. The number of nitrogens with one attached hydrogen (secondary N) is 1. The molecular weight excluding hydrogens is 297 g/mol. The lowest BCUT2D eigenvalue weighted by atomic mass is 10.1. The molecule has 0 saturated carbocycles. The van der Waals surface area contributed by atoms with Gasteiger partial charge in [-0.1, -0.05) is 29.8 Å². The largest absolute Gasteiger partial charge is 0.496 e. The summed E-state index contributed by atoms with van der Waals surface area (Å²) in [4.78, 5) is 11.7. The monoisotopic (exact) mass is 317 g/mol. The number of methoxy groups -OCH3 is 1. The van der Waals surface area contributed by atoms with Gasteiger partial charge < -0.3 is 14.8 Å². The van der Waals surface area contributed by atoms with E-state index in [0.29, 0.717) is 13.0 Å². The minimum Gasteiger partial charge on any atom is -0.496 e. The number of amides is 1. The van der Waals surface area contributed by atoms with Gasteiger partial charge in [0, 0.05) is 6.54 Å². The third-order valence-electron chi connectivity index (χ3n) is 3.35. The maximum absolute atomic E-state index is 13.4. The summed E-state index contributed by atoms with van der Waals surface area (Å²) in [6, 6.07) is 11.9. The molecule has 0 aromatic heterocycles. The summed E-state index contributed by atoms with van der Waals surface area (Å²) in [5.41, 5.74) is 2.16. The number of para-hydroxylation sites is 1. The molecule has 4 nitrogen and oxygen atoms in total. The number of rotatable bonds is 7. The Labute approximate surface area is 135 Å². The van der Waals surface area contributed by atoms with E-state index in [0.717, 1.165) is 16.9 Å². The summed E-state index contributed by atoms with van der Waals surface area (Å²) >= 11 is 0. The minimum atomic E-state index is -0.482. The fourth-order valence-corrected chi connectivity index (χ4v) is 2.20. The predicted octanol–water partition coefficient (Wildman–Crippen LogP) is 2.88. The van der Waals surface area contributed by atoms with E-state index in [1.165, 1.54) is 12.1 Å². The van der Waals surface area contributed by atoms with Crippen LogP contribution in [0.15, 0.2) is 42.5 Å². The minimum absolute atomic E-state index is 0.0722. The molecule has 0 saturated heterocycles. The normalized spacial score (nSPS) is 10.2. The Morgan fingerprint density at radius 1 is 1.17 bits per heavy atom. The molecule has 2 rings (SSSR count). The van der Waals surface area contributed by atoms with Crippen molar-refractivity contribution >= 4 is 5.91 Å². The Balaban J connectivity index is 1.79. The maximum Gasteiger partial charge on any atom is 0.257 e. The number of halogens is 1. The van der Waals surface area contributed by atoms with Crippen molar-refractivity contribution in [2.75, 3.05) is 20.3 Å². The highest BCUT2D eigenvalue weighted by atomic mass is 19.1. The first-order valence-electron chi connectivity index (χ1n) is 7.37. The summed E-state index contributed by atoms with van der Waals surface area (Å²) in [5.74, 6) is 0.0973. The topological polar surface area (TPSA) is 47.6 Å². The average molecular weight is 317 g/mol. The average Bonchev–Trinajstić information content (AvgIpc) is 2.54. The van der Waals surface area contributed by atoms with Gasteiger partial charge in [0.2, 0.25) is 0 Å². The van der Waals surface area contributed by atoms with Crippen LogP contribution in [0.4, 0.5) is 4.39 Å². The third-order valence-corrected chi connectivity index (χ3v) is 3.35. The van der Waals surface area contributed by atoms with Crippen molar-refractivity contribution < 1.29 is 18.7 Å². The lowest BCUT2D eigenvalue weighted by Crippen LogP contribution is -2.30. The number of hydrogen-bond acceptors (Lipinski definition) is 3. The van der Waals surface area contributed by atoms with E-state index in [1.54, 1.807) is 19.2 Å². The lowest BCUT2D eigenvalue weighted by molar-refractivity contribution is -0.123. The summed E-state index contributed by atoms with van der Waals surface area (Å²) in [5, 5.41) is 2.75. The van der Waals surface area contributed by atoms with Gasteiger partial charge in [-0.2, -0.15) is 0 Å². The van der Waals surface area contributed by atoms with E-state index in [4.69, 9.17) is 9.47 Å². The van der Waals surface area contributed by atoms with Crippen LogP contribution in [0.2, 0.25) is 0 Å². The van der Waals surface area contributed by atoms with E-state index >= 15 is 0 Å². The van der Waals surface area contributed by atoms with Gasteiger partial charge in [0.1, 0.15) is 5.75 Å². The van der Waals surface area contributed by atoms with Crippen LogP contribution in [0.3, 0.4) is 0 Å². The Bertz CT molecular complexity index is 673. The van der Waals surface area contributed by atoms with Crippen LogP contribution in [0.1, 0.15) is 11.1 Å². The van der Waals surface area contributed by atoms with Gasteiger partial charge in [0.15, 0.2) is 18.2 Å². The van der Waals surface area contributed by atoms with Crippen molar-refractivity contribution in [1.29, 1.82) is 0 Å². The molecule has 0 heterocycles. The molecular formula is C18H20FNO3. The second-order valence-electron chi connectivity index (χ2n) is 5.13. The van der Waals surface area contributed by atoms with E-state index < -0.39 is 5.82 Å². The van der Waals surface area contributed by atoms with Crippen molar-refractivity contribution in [3.8, 4) is 11.5 Å². The fourth-order valence-electron chi connectivity index (χ4n) is 2.20. The van der Waals surface area contributed by atoms with Gasteiger partial charge in [0.05, 0.1) is 7.11 Å². The van der Waals surface area contributed by atoms with E-state index in [9.17, 15) is 9.18 Å². The lowest BCUT2D eigenvalue weighted by Gasteiger charge is -2.11. The number of aryl methyl sites for hydroxylation is 1. The highest BCUT2D eigenvalue weighted by molar-refractivity contribution is 5.77. The molecule has 2 aromatic rings. The number of hydrogen-bond donors (Lipinski definition) is 1. The smallest absolute Gasteiger partial charge is 0.257 e. The molecule has 23 heavy (non-hydrogen) atoms. The molecule has 2 aromatic carbocycles. The highest BCUT2D eigenvalue weighted by Gasteiger charge is 2.07. The molecule has 0 aliphatic heterocycles. The van der Waals surface area contributed by atoms with Crippen LogP contribution in [0.25, 0.3) is 0 Å². The molecule has 0 aliphatic carbocycles. The zero-order valence-electron chi connectivity index (χ0n) is 13.3. The number of carbonyl (C=O) groups excluding carboxylic acids is 1. The first-order valence-corrected chi connectivity index (χ1v) is 7.37. The molecule has 122 valence electrons. The maximum atomic E-state index is 13.4. The molecule has 0 radical (unpaired) electrons. The molecule has 0 aliphatic rings. The van der Waals surface area contributed by atoms with Gasteiger partial charge in [0.25, 0.3) is 5.91 Å². The highest BCUT2D eigenvalue weighted by Crippen LogP contribution is 2.19. The van der Waals surface area contributed by atoms with E-state index in [2.05, 4.69) is 5.32 Å². The number of benzene rings is 2. The fraction of sp³-hybridized carbons (Fsp3) is 0.278. The Morgan fingerprint density at radius 2 is 1.96 bits per heavy atom. The Kier molecular flexibility index (Phi) is 5.97. The molecule has 0 unspecified atom stereocenters. The number of carbonyl (C=O) groups is 1. The van der Waals surface area contributed by atoms with Crippen molar-refractivity contribution in [1.82, 2.24) is 5.32 Å². The van der Waals surface area contributed by atoms with Gasteiger partial charge >= 0.3 is 0 Å². The second kappa shape index (κ2) is 8.17. The Morgan fingerprint density at radius 3 is 2.70 bits per heavy atom. The molecule has 5 heteroatoms. The van der Waals surface area contributed by atoms with Crippen LogP contribution in [0, 0.1) is 12.7 Å². The third kappa shape index (κ3) is 4.98. The SMILES string of the molecule is COc1ccc(C)cc1CCNC(=O)COc1ccccc1F. The first kappa shape index (κ1) is 16.8. The van der Waals surface area contributed by atoms with Crippen LogP contribution in [0.5, 0.6) is 11.5 Å². The van der Waals surface area contributed by atoms with Gasteiger partial charge in [-0.3, -0.25) is 4.79 Å². The first-order chi connectivity index (χ1) is 11.1. The van der Waals surface area contributed by atoms with E-state index in [-0.39, 0.29) is 18.3 Å². The summed E-state index contributed by atoms with van der Waals surface area (Å²) in [6.07, 6.45) is 0.649. The van der Waals surface area contributed by atoms with Crippen LogP contribution >= 0.6 is 0 Å². The van der Waals surface area contributed by atoms with Crippen LogP contribution < -0.4 is 14.8 Å². The van der Waals surface area contributed by atoms with Gasteiger partial charge in [-0.05, 0) is 37.1 Å². The van der Waals surface area contributed by atoms with Crippen molar-refractivity contribution in [3.63, 3.8) is 0 Å². The van der Waals surface area contributed by atoms with Crippen LogP contribution in [-0.4, -0.2) is 26.2 Å². The van der Waals surface area contributed by atoms with Gasteiger partial charge in [-0.15, -0.1) is 0 Å². The molecule has 0 atom stereocenters. The van der Waals surface area contributed by atoms with Gasteiger partial charge in [-0.25, -0.2) is 4.39 Å². The quantitative estimate of drug-likeness (QED) is 0.854. The van der Waals surface area contributed by atoms with E-state index in [1.807, 2.05) is 25.1 Å². The zero-order valence-corrected chi connectivity index (χ0v) is 13.3. The Hall–Kier alpha value is -2.56. The number of ether oxygens (including phenoxy) is 2.